The fourth-order valence-electron chi connectivity index (χ4n) is 2.58. The summed E-state index contributed by atoms with van der Waals surface area (Å²) >= 11 is 0. The molecule has 6 nitrogen and oxygen atoms in total. The van der Waals surface area contributed by atoms with Crippen molar-refractivity contribution in [3.05, 3.63) is 29.8 Å². The summed E-state index contributed by atoms with van der Waals surface area (Å²) in [6.45, 7) is 1.99. The second kappa shape index (κ2) is 8.31. The van der Waals surface area contributed by atoms with E-state index in [9.17, 15) is 14.4 Å². The Morgan fingerprint density at radius 3 is 2.65 bits per heavy atom. The van der Waals surface area contributed by atoms with Crippen LogP contribution in [-0.4, -0.2) is 30.3 Å². The van der Waals surface area contributed by atoms with Crippen LogP contribution in [-0.2, 0) is 20.8 Å². The first-order valence-corrected chi connectivity index (χ1v) is 7.98. The SMILES string of the molecule is CC(=O)Nc1ccc(CCNC(=O)C2CCCCC(=O)N2)cc1. The van der Waals surface area contributed by atoms with Crippen LogP contribution in [0.5, 0.6) is 0 Å². The summed E-state index contributed by atoms with van der Waals surface area (Å²) in [6, 6.07) is 7.11. The number of carbonyl (C=O) groups is 3. The molecule has 3 N–H and O–H groups in total. The maximum absolute atomic E-state index is 12.1. The van der Waals surface area contributed by atoms with Crippen molar-refractivity contribution in [3.8, 4) is 0 Å². The highest BCUT2D eigenvalue weighted by atomic mass is 16.2. The number of hydrogen-bond donors (Lipinski definition) is 3. The molecule has 6 heteroatoms. The Morgan fingerprint density at radius 2 is 1.96 bits per heavy atom. The molecule has 1 aromatic rings. The van der Waals surface area contributed by atoms with E-state index in [1.54, 1.807) is 0 Å². The van der Waals surface area contributed by atoms with Crippen LogP contribution >= 0.6 is 0 Å². The second-order valence-corrected chi connectivity index (χ2v) is 5.79. The van der Waals surface area contributed by atoms with E-state index in [1.807, 2.05) is 24.3 Å². The number of hydrogen-bond acceptors (Lipinski definition) is 3. The van der Waals surface area contributed by atoms with Crippen molar-refractivity contribution in [1.29, 1.82) is 0 Å². The summed E-state index contributed by atoms with van der Waals surface area (Å²) < 4.78 is 0. The lowest BCUT2D eigenvalue weighted by Gasteiger charge is -2.15. The lowest BCUT2D eigenvalue weighted by atomic mass is 10.1. The van der Waals surface area contributed by atoms with Gasteiger partial charge in [0.2, 0.25) is 17.7 Å². The second-order valence-electron chi connectivity index (χ2n) is 5.79. The van der Waals surface area contributed by atoms with Gasteiger partial charge in [0.15, 0.2) is 0 Å². The third-order valence-electron chi connectivity index (χ3n) is 3.79. The maximum Gasteiger partial charge on any atom is 0.242 e. The molecule has 1 unspecified atom stereocenters. The van der Waals surface area contributed by atoms with E-state index < -0.39 is 6.04 Å². The minimum absolute atomic E-state index is 0.0452. The predicted molar refractivity (Wildman–Crippen MR) is 87.9 cm³/mol. The summed E-state index contributed by atoms with van der Waals surface area (Å²) in [5.74, 6) is -0.262. The first-order chi connectivity index (χ1) is 11.0. The highest BCUT2D eigenvalue weighted by Crippen LogP contribution is 2.11. The molecule has 1 aromatic carbocycles. The average Bonchev–Trinajstić information content (AvgIpc) is 2.73. The van der Waals surface area contributed by atoms with Crippen molar-refractivity contribution in [2.75, 3.05) is 11.9 Å². The minimum atomic E-state index is -0.410. The molecule has 23 heavy (non-hydrogen) atoms. The van der Waals surface area contributed by atoms with Gasteiger partial charge in [-0.15, -0.1) is 0 Å². The monoisotopic (exact) mass is 317 g/mol. The number of carbonyl (C=O) groups excluding carboxylic acids is 3. The molecule has 0 aromatic heterocycles. The van der Waals surface area contributed by atoms with Crippen molar-refractivity contribution >= 4 is 23.4 Å². The fraction of sp³-hybridized carbons (Fsp3) is 0.471. The van der Waals surface area contributed by atoms with Crippen LogP contribution in [0.3, 0.4) is 0 Å². The fourth-order valence-corrected chi connectivity index (χ4v) is 2.58. The summed E-state index contributed by atoms with van der Waals surface area (Å²) in [7, 11) is 0. The van der Waals surface area contributed by atoms with Gasteiger partial charge in [0.1, 0.15) is 6.04 Å². The normalized spacial score (nSPS) is 17.8. The van der Waals surface area contributed by atoms with Gasteiger partial charge in [-0.05, 0) is 37.0 Å². The molecular weight excluding hydrogens is 294 g/mol. The smallest absolute Gasteiger partial charge is 0.242 e. The third kappa shape index (κ3) is 5.73. The summed E-state index contributed by atoms with van der Waals surface area (Å²) in [6.07, 6.45) is 3.64. The number of anilines is 1. The van der Waals surface area contributed by atoms with Gasteiger partial charge in [0.05, 0.1) is 0 Å². The lowest BCUT2D eigenvalue weighted by molar-refractivity contribution is -0.128. The molecule has 1 saturated heterocycles. The molecule has 3 amide bonds. The van der Waals surface area contributed by atoms with E-state index >= 15 is 0 Å². The van der Waals surface area contributed by atoms with Gasteiger partial charge in [0.25, 0.3) is 0 Å². The van der Waals surface area contributed by atoms with Crippen LogP contribution in [0.15, 0.2) is 24.3 Å². The summed E-state index contributed by atoms with van der Waals surface area (Å²) in [5.41, 5.74) is 1.83. The van der Waals surface area contributed by atoms with Crippen LogP contribution in [0.1, 0.15) is 38.2 Å². The van der Waals surface area contributed by atoms with E-state index in [4.69, 9.17) is 0 Å². The highest BCUT2D eigenvalue weighted by Gasteiger charge is 2.22. The van der Waals surface area contributed by atoms with Gasteiger partial charge in [-0.3, -0.25) is 14.4 Å². The molecule has 1 aliphatic heterocycles. The Labute approximate surface area is 136 Å². The van der Waals surface area contributed by atoms with Gasteiger partial charge in [-0.25, -0.2) is 0 Å². The quantitative estimate of drug-likeness (QED) is 0.766. The van der Waals surface area contributed by atoms with Crippen LogP contribution < -0.4 is 16.0 Å². The zero-order valence-electron chi connectivity index (χ0n) is 13.4. The van der Waals surface area contributed by atoms with Crippen LogP contribution in [0.25, 0.3) is 0 Å². The third-order valence-corrected chi connectivity index (χ3v) is 3.79. The van der Waals surface area contributed by atoms with Crippen molar-refractivity contribution in [3.63, 3.8) is 0 Å². The molecule has 0 spiro atoms. The number of nitrogens with one attached hydrogen (secondary N) is 3. The molecule has 1 atom stereocenters. The minimum Gasteiger partial charge on any atom is -0.354 e. The number of amides is 3. The average molecular weight is 317 g/mol. The first-order valence-electron chi connectivity index (χ1n) is 7.98. The van der Waals surface area contributed by atoms with Crippen molar-refractivity contribution in [2.24, 2.45) is 0 Å². The summed E-state index contributed by atoms with van der Waals surface area (Å²) in [4.78, 5) is 34.5. The zero-order chi connectivity index (χ0) is 16.7. The predicted octanol–water partition coefficient (Wildman–Crippen LogP) is 1.36. The highest BCUT2D eigenvalue weighted by molar-refractivity contribution is 5.88. The lowest BCUT2D eigenvalue weighted by Crippen LogP contribution is -2.46. The molecule has 1 aliphatic rings. The molecule has 0 bridgehead atoms. The van der Waals surface area contributed by atoms with E-state index in [2.05, 4.69) is 16.0 Å². The zero-order valence-corrected chi connectivity index (χ0v) is 13.4. The Bertz CT molecular complexity index is 569. The molecule has 0 aliphatic carbocycles. The molecule has 0 radical (unpaired) electrons. The Kier molecular flexibility index (Phi) is 6.14. The number of rotatable bonds is 5. The Hall–Kier alpha value is -2.37. The number of benzene rings is 1. The van der Waals surface area contributed by atoms with Gasteiger partial charge < -0.3 is 16.0 Å². The topological polar surface area (TPSA) is 87.3 Å². The van der Waals surface area contributed by atoms with Crippen LogP contribution in [0.4, 0.5) is 5.69 Å². The Morgan fingerprint density at radius 1 is 1.22 bits per heavy atom. The van der Waals surface area contributed by atoms with Crippen molar-refractivity contribution in [2.45, 2.75) is 45.1 Å². The maximum atomic E-state index is 12.1. The molecule has 1 heterocycles. The van der Waals surface area contributed by atoms with Crippen molar-refractivity contribution < 1.29 is 14.4 Å². The van der Waals surface area contributed by atoms with Crippen LogP contribution in [0.2, 0.25) is 0 Å². The summed E-state index contributed by atoms with van der Waals surface area (Å²) in [5, 5.41) is 8.34. The van der Waals surface area contributed by atoms with Crippen molar-refractivity contribution in [1.82, 2.24) is 10.6 Å². The van der Waals surface area contributed by atoms with Gasteiger partial charge in [0, 0.05) is 25.6 Å². The standard InChI is InChI=1S/C17H23N3O3/c1-12(21)19-14-8-6-13(7-9-14)10-11-18-17(23)15-4-2-3-5-16(22)20-15/h6-9,15H,2-5,10-11H2,1H3,(H,18,23)(H,19,21)(H,20,22). The van der Waals surface area contributed by atoms with E-state index in [0.29, 0.717) is 25.8 Å². The Balaban J connectivity index is 1.76. The molecule has 124 valence electrons. The molecule has 0 saturated carbocycles. The van der Waals surface area contributed by atoms with E-state index in [-0.39, 0.29) is 17.7 Å². The van der Waals surface area contributed by atoms with E-state index in [0.717, 1.165) is 24.1 Å². The van der Waals surface area contributed by atoms with Gasteiger partial charge in [-0.2, -0.15) is 0 Å². The van der Waals surface area contributed by atoms with Gasteiger partial charge >= 0.3 is 0 Å². The molecular formula is C17H23N3O3. The van der Waals surface area contributed by atoms with Gasteiger partial charge in [-0.1, -0.05) is 18.6 Å². The van der Waals surface area contributed by atoms with E-state index in [1.165, 1.54) is 6.92 Å². The largest absolute Gasteiger partial charge is 0.354 e. The molecule has 2 rings (SSSR count). The van der Waals surface area contributed by atoms with Crippen LogP contribution in [0, 0.1) is 0 Å². The first kappa shape index (κ1) is 17.0. The molecule has 1 fully saturated rings.